The molecule has 26 heavy (non-hydrogen) atoms. The summed E-state index contributed by atoms with van der Waals surface area (Å²) in [5, 5.41) is 6.60. The van der Waals surface area contributed by atoms with E-state index in [-0.39, 0.29) is 11.6 Å². The van der Waals surface area contributed by atoms with E-state index in [1.54, 1.807) is 23.7 Å². The van der Waals surface area contributed by atoms with Crippen molar-refractivity contribution in [1.82, 2.24) is 9.55 Å². The molecule has 0 saturated carbocycles. The van der Waals surface area contributed by atoms with Gasteiger partial charge in [-0.15, -0.1) is 0 Å². The number of nitrogens with two attached hydrogens (primary N) is 1. The molecule has 3 N–H and O–H groups in total. The van der Waals surface area contributed by atoms with Crippen molar-refractivity contribution >= 4 is 33.1 Å². The minimum atomic E-state index is -0.0663. The van der Waals surface area contributed by atoms with Gasteiger partial charge in [0.15, 0.2) is 0 Å². The van der Waals surface area contributed by atoms with Gasteiger partial charge in [-0.1, -0.05) is 24.3 Å². The zero-order valence-electron chi connectivity index (χ0n) is 14.7. The molecule has 0 amide bonds. The predicted octanol–water partition coefficient (Wildman–Crippen LogP) is 3.84. The molecule has 5 heteroatoms. The summed E-state index contributed by atoms with van der Waals surface area (Å²) in [7, 11) is 1.76. The van der Waals surface area contributed by atoms with E-state index >= 15 is 0 Å². The summed E-state index contributed by atoms with van der Waals surface area (Å²) in [5.74, 6) is 0. The molecule has 4 aromatic rings. The average molecular weight is 344 g/mol. The molecule has 0 aliphatic heterocycles. The molecule has 1 unspecified atom stereocenters. The van der Waals surface area contributed by atoms with Crippen LogP contribution >= 0.6 is 0 Å². The number of aryl methyl sites for hydroxylation is 1. The Bertz CT molecular complexity index is 1180. The van der Waals surface area contributed by atoms with E-state index < -0.39 is 0 Å². The summed E-state index contributed by atoms with van der Waals surface area (Å²) in [4.78, 5) is 16.9. The van der Waals surface area contributed by atoms with Crippen LogP contribution in [0.5, 0.6) is 0 Å². The van der Waals surface area contributed by atoms with Crippen molar-refractivity contribution in [3.63, 3.8) is 0 Å². The van der Waals surface area contributed by atoms with Crippen LogP contribution in [0.2, 0.25) is 0 Å². The number of nitrogen functional groups attached to an aromatic ring is 1. The Hall–Kier alpha value is -3.34. The first-order chi connectivity index (χ1) is 12.5. The molecule has 0 radical (unpaired) electrons. The molecule has 0 aliphatic rings. The number of rotatable bonds is 3. The number of benzene rings is 2. The first kappa shape index (κ1) is 16.1. The fraction of sp³-hybridized carbons (Fsp3) is 0.143. The second-order valence-corrected chi connectivity index (χ2v) is 6.55. The number of pyridine rings is 2. The number of hydrogen-bond acceptors (Lipinski definition) is 4. The topological polar surface area (TPSA) is 72.9 Å². The fourth-order valence-electron chi connectivity index (χ4n) is 3.24. The number of nitrogens with zero attached hydrogens (tertiary/aromatic N) is 2. The summed E-state index contributed by atoms with van der Waals surface area (Å²) in [6.07, 6.45) is 1.88. The monoisotopic (exact) mass is 344 g/mol. The van der Waals surface area contributed by atoms with Crippen molar-refractivity contribution in [2.75, 3.05) is 11.1 Å². The highest BCUT2D eigenvalue weighted by Gasteiger charge is 2.12. The number of anilines is 2. The molecule has 130 valence electrons. The number of nitrogens with one attached hydrogen (secondary N) is 1. The highest BCUT2D eigenvalue weighted by Crippen LogP contribution is 2.27. The summed E-state index contributed by atoms with van der Waals surface area (Å²) < 4.78 is 1.62. The quantitative estimate of drug-likeness (QED) is 0.554. The van der Waals surface area contributed by atoms with E-state index in [0.29, 0.717) is 5.69 Å². The van der Waals surface area contributed by atoms with E-state index in [4.69, 9.17) is 5.73 Å². The molecule has 2 heterocycles. The summed E-state index contributed by atoms with van der Waals surface area (Å²) in [5.41, 5.74) is 9.07. The third kappa shape index (κ3) is 2.77. The van der Waals surface area contributed by atoms with E-state index in [1.807, 2.05) is 43.5 Å². The molecule has 4 rings (SSSR count). The molecule has 2 aromatic heterocycles. The van der Waals surface area contributed by atoms with Gasteiger partial charge in [-0.2, -0.15) is 0 Å². The molecular weight excluding hydrogens is 324 g/mol. The van der Waals surface area contributed by atoms with Crippen LogP contribution in [0.1, 0.15) is 18.7 Å². The van der Waals surface area contributed by atoms with E-state index in [1.165, 1.54) is 0 Å². The van der Waals surface area contributed by atoms with Gasteiger partial charge in [-0.05, 0) is 36.6 Å². The lowest BCUT2D eigenvalue weighted by atomic mass is 10.1. The van der Waals surface area contributed by atoms with Crippen molar-refractivity contribution in [1.29, 1.82) is 0 Å². The maximum absolute atomic E-state index is 12.3. The molecule has 1 atom stereocenters. The van der Waals surface area contributed by atoms with Gasteiger partial charge in [-0.3, -0.25) is 9.78 Å². The third-order valence-electron chi connectivity index (χ3n) is 4.74. The maximum Gasteiger partial charge on any atom is 0.252 e. The van der Waals surface area contributed by atoms with Crippen molar-refractivity contribution < 1.29 is 0 Å². The van der Waals surface area contributed by atoms with Crippen LogP contribution in [0.25, 0.3) is 21.7 Å². The van der Waals surface area contributed by atoms with Gasteiger partial charge in [0.05, 0.1) is 17.3 Å². The molecular formula is C21H20N4O. The standard InChI is InChI=1S/C21H20N4O/c1-13(18-9-14-5-3-4-6-15(14)12-23-18)24-19-11-21(26)25(2)20-8-7-16(22)10-17(19)20/h3-13,24H,22H2,1-2H3. The van der Waals surface area contributed by atoms with Gasteiger partial charge in [0, 0.05) is 41.5 Å². The van der Waals surface area contributed by atoms with Crippen molar-refractivity contribution in [3.05, 3.63) is 76.8 Å². The highest BCUT2D eigenvalue weighted by atomic mass is 16.1. The zero-order valence-corrected chi connectivity index (χ0v) is 14.7. The van der Waals surface area contributed by atoms with Gasteiger partial charge in [-0.25, -0.2) is 0 Å². The lowest BCUT2D eigenvalue weighted by Gasteiger charge is -2.18. The van der Waals surface area contributed by atoms with Gasteiger partial charge in [0.2, 0.25) is 0 Å². The summed E-state index contributed by atoms with van der Waals surface area (Å²) >= 11 is 0. The number of fused-ring (bicyclic) bond motifs is 2. The Morgan fingerprint density at radius 3 is 2.65 bits per heavy atom. The Labute approximate surface area is 151 Å². The Morgan fingerprint density at radius 1 is 1.08 bits per heavy atom. The van der Waals surface area contributed by atoms with E-state index in [9.17, 15) is 4.79 Å². The van der Waals surface area contributed by atoms with Crippen LogP contribution in [-0.2, 0) is 7.05 Å². The van der Waals surface area contributed by atoms with Crippen LogP contribution in [0, 0.1) is 0 Å². The van der Waals surface area contributed by atoms with Gasteiger partial charge in [0.25, 0.3) is 5.56 Å². The van der Waals surface area contributed by atoms with Gasteiger partial charge >= 0.3 is 0 Å². The summed E-state index contributed by atoms with van der Waals surface area (Å²) in [6.45, 7) is 2.03. The first-order valence-electron chi connectivity index (χ1n) is 8.53. The molecule has 0 bridgehead atoms. The maximum atomic E-state index is 12.3. The predicted molar refractivity (Wildman–Crippen MR) is 107 cm³/mol. The first-order valence-corrected chi connectivity index (χ1v) is 8.53. The lowest BCUT2D eigenvalue weighted by molar-refractivity contribution is 0.840. The molecule has 2 aromatic carbocycles. The van der Waals surface area contributed by atoms with Gasteiger partial charge < -0.3 is 15.6 Å². The average Bonchev–Trinajstić information content (AvgIpc) is 2.65. The van der Waals surface area contributed by atoms with E-state index in [0.717, 1.165) is 33.1 Å². The van der Waals surface area contributed by atoms with Gasteiger partial charge in [0.1, 0.15) is 0 Å². The number of aromatic nitrogens is 2. The Balaban J connectivity index is 1.77. The minimum Gasteiger partial charge on any atom is -0.399 e. The second kappa shape index (κ2) is 6.19. The van der Waals surface area contributed by atoms with Crippen LogP contribution < -0.4 is 16.6 Å². The molecule has 0 fully saturated rings. The van der Waals surface area contributed by atoms with E-state index in [2.05, 4.69) is 22.4 Å². The largest absolute Gasteiger partial charge is 0.399 e. The molecule has 0 aliphatic carbocycles. The van der Waals surface area contributed by atoms with Crippen LogP contribution in [0.4, 0.5) is 11.4 Å². The highest BCUT2D eigenvalue weighted by molar-refractivity contribution is 5.93. The fourth-order valence-corrected chi connectivity index (χ4v) is 3.24. The third-order valence-corrected chi connectivity index (χ3v) is 4.74. The van der Waals surface area contributed by atoms with Crippen LogP contribution in [-0.4, -0.2) is 9.55 Å². The zero-order chi connectivity index (χ0) is 18.3. The van der Waals surface area contributed by atoms with Crippen molar-refractivity contribution in [2.24, 2.45) is 7.05 Å². The lowest BCUT2D eigenvalue weighted by Crippen LogP contribution is -2.18. The second-order valence-electron chi connectivity index (χ2n) is 6.55. The Kier molecular flexibility index (Phi) is 3.84. The van der Waals surface area contributed by atoms with Crippen molar-refractivity contribution in [2.45, 2.75) is 13.0 Å². The van der Waals surface area contributed by atoms with Crippen molar-refractivity contribution in [3.8, 4) is 0 Å². The summed E-state index contributed by atoms with van der Waals surface area (Å²) in [6, 6.07) is 17.3. The molecule has 0 spiro atoms. The SMILES string of the molecule is CC(Nc1cc(=O)n(C)c2ccc(N)cc12)c1cc2ccccc2cn1. The minimum absolute atomic E-state index is 0.0589. The number of hydrogen-bond donors (Lipinski definition) is 2. The smallest absolute Gasteiger partial charge is 0.252 e. The Morgan fingerprint density at radius 2 is 1.85 bits per heavy atom. The normalized spacial score (nSPS) is 12.4. The van der Waals surface area contributed by atoms with Crippen LogP contribution in [0.15, 0.2) is 65.6 Å². The molecule has 5 nitrogen and oxygen atoms in total. The molecule has 0 saturated heterocycles. The van der Waals surface area contributed by atoms with Crippen LogP contribution in [0.3, 0.4) is 0 Å².